The summed E-state index contributed by atoms with van der Waals surface area (Å²) in [4.78, 5) is 27.5. The van der Waals surface area contributed by atoms with Gasteiger partial charge in [0.2, 0.25) is 5.91 Å². The van der Waals surface area contributed by atoms with Crippen molar-refractivity contribution in [3.05, 3.63) is 47.3 Å². The van der Waals surface area contributed by atoms with Crippen LogP contribution in [-0.2, 0) is 22.7 Å². The molecule has 1 aromatic carbocycles. The van der Waals surface area contributed by atoms with Gasteiger partial charge in [-0.15, -0.1) is 0 Å². The number of carbonyl (C=O) groups excluding carboxylic acids is 1. The first-order valence-electron chi connectivity index (χ1n) is 8.76. The van der Waals surface area contributed by atoms with Crippen molar-refractivity contribution < 1.29 is 14.7 Å². The third-order valence-corrected chi connectivity index (χ3v) is 4.93. The number of piperazine rings is 1. The van der Waals surface area contributed by atoms with Gasteiger partial charge in [0, 0.05) is 25.8 Å². The number of amides is 1. The normalized spacial score (nSPS) is 21.0. The van der Waals surface area contributed by atoms with Crippen LogP contribution in [0.2, 0.25) is 0 Å². The second kappa shape index (κ2) is 7.76. The van der Waals surface area contributed by atoms with E-state index >= 15 is 0 Å². The Kier molecular flexibility index (Phi) is 5.43. The van der Waals surface area contributed by atoms with Crippen LogP contribution in [0.3, 0.4) is 0 Å². The number of nitrogens with two attached hydrogens (primary N) is 2. The van der Waals surface area contributed by atoms with Crippen LogP contribution >= 0.6 is 0 Å². The predicted octanol–water partition coefficient (Wildman–Crippen LogP) is 0.0536. The van der Waals surface area contributed by atoms with Gasteiger partial charge in [-0.2, -0.15) is 0 Å². The van der Waals surface area contributed by atoms with Crippen molar-refractivity contribution in [2.45, 2.75) is 32.0 Å². The second-order valence-corrected chi connectivity index (χ2v) is 6.83. The van der Waals surface area contributed by atoms with E-state index in [4.69, 9.17) is 16.7 Å². The summed E-state index contributed by atoms with van der Waals surface area (Å²) in [7, 11) is 0. The van der Waals surface area contributed by atoms with Gasteiger partial charge >= 0.3 is 5.97 Å². The van der Waals surface area contributed by atoms with Crippen LogP contribution in [-0.4, -0.2) is 57.5 Å². The van der Waals surface area contributed by atoms with Crippen molar-refractivity contribution in [3.63, 3.8) is 0 Å². The molecule has 0 spiro atoms. The highest BCUT2D eigenvalue weighted by Gasteiger charge is 2.37. The fraction of sp³-hybridized carbons (Fsp3) is 0.444. The summed E-state index contributed by atoms with van der Waals surface area (Å²) in [6.45, 7) is 3.71. The molecule has 1 amide bonds. The van der Waals surface area contributed by atoms with E-state index in [-0.39, 0.29) is 17.6 Å². The lowest BCUT2D eigenvalue weighted by Gasteiger charge is -2.36. The number of nitrogens with zero attached hydrogens (tertiary/aromatic N) is 3. The summed E-state index contributed by atoms with van der Waals surface area (Å²) >= 11 is 0. The van der Waals surface area contributed by atoms with Gasteiger partial charge in [-0.05, 0) is 30.5 Å². The van der Waals surface area contributed by atoms with Crippen LogP contribution < -0.4 is 11.6 Å². The maximum Gasteiger partial charge on any atom is 0.353 e. The minimum Gasteiger partial charge on any atom is -0.477 e. The van der Waals surface area contributed by atoms with Crippen LogP contribution in [0.5, 0.6) is 0 Å². The van der Waals surface area contributed by atoms with E-state index in [2.05, 4.69) is 4.90 Å². The summed E-state index contributed by atoms with van der Waals surface area (Å²) in [6.07, 6.45) is 3.26. The SMILES string of the molecule is N/C(=C\N(N)Cc1ccc(CN2CCN3CCCC3C2=O)cc1)C(=O)O. The maximum absolute atomic E-state index is 12.6. The number of fused-ring (bicyclic) bond motifs is 1. The molecule has 3 rings (SSSR count). The Morgan fingerprint density at radius 1 is 1.23 bits per heavy atom. The number of carboxylic acids is 1. The van der Waals surface area contributed by atoms with E-state index in [1.807, 2.05) is 29.2 Å². The Morgan fingerprint density at radius 3 is 2.62 bits per heavy atom. The molecule has 0 aliphatic carbocycles. The van der Waals surface area contributed by atoms with Crippen LogP contribution in [0.4, 0.5) is 0 Å². The lowest BCUT2D eigenvalue weighted by molar-refractivity contribution is -0.140. The molecule has 8 nitrogen and oxygen atoms in total. The fourth-order valence-electron chi connectivity index (χ4n) is 3.56. The second-order valence-electron chi connectivity index (χ2n) is 6.83. The fourth-order valence-corrected chi connectivity index (χ4v) is 3.56. The number of carbonyl (C=O) groups is 2. The van der Waals surface area contributed by atoms with E-state index in [0.717, 1.165) is 43.6 Å². The van der Waals surface area contributed by atoms with Gasteiger partial charge in [-0.25, -0.2) is 10.6 Å². The quantitative estimate of drug-likeness (QED) is 0.373. The molecule has 2 aliphatic heterocycles. The lowest BCUT2D eigenvalue weighted by Crippen LogP contribution is -2.53. The number of hydrogen-bond donors (Lipinski definition) is 3. The molecule has 26 heavy (non-hydrogen) atoms. The van der Waals surface area contributed by atoms with Gasteiger partial charge in [-0.1, -0.05) is 24.3 Å². The van der Waals surface area contributed by atoms with Crippen molar-refractivity contribution in [2.24, 2.45) is 11.6 Å². The predicted molar refractivity (Wildman–Crippen MR) is 96.1 cm³/mol. The number of hydrogen-bond acceptors (Lipinski definition) is 6. The average Bonchev–Trinajstić information content (AvgIpc) is 3.08. The minimum absolute atomic E-state index is 0.0697. The van der Waals surface area contributed by atoms with Crippen molar-refractivity contribution in [3.8, 4) is 0 Å². The van der Waals surface area contributed by atoms with E-state index in [0.29, 0.717) is 13.1 Å². The smallest absolute Gasteiger partial charge is 0.353 e. The first kappa shape index (κ1) is 18.2. The average molecular weight is 359 g/mol. The van der Waals surface area contributed by atoms with E-state index in [1.54, 1.807) is 0 Å². The van der Waals surface area contributed by atoms with Gasteiger partial charge in [0.25, 0.3) is 0 Å². The Morgan fingerprint density at radius 2 is 1.92 bits per heavy atom. The zero-order valence-electron chi connectivity index (χ0n) is 14.7. The summed E-state index contributed by atoms with van der Waals surface area (Å²) in [6, 6.07) is 7.87. The number of benzene rings is 1. The summed E-state index contributed by atoms with van der Waals surface area (Å²) in [5.74, 6) is 4.79. The Labute approximate surface area is 152 Å². The van der Waals surface area contributed by atoms with E-state index < -0.39 is 5.97 Å². The van der Waals surface area contributed by atoms with Gasteiger partial charge in [0.05, 0.1) is 12.6 Å². The maximum atomic E-state index is 12.6. The molecule has 0 aromatic heterocycles. The Bertz CT molecular complexity index is 703. The lowest BCUT2D eigenvalue weighted by atomic mass is 10.1. The molecule has 8 heteroatoms. The van der Waals surface area contributed by atoms with Gasteiger partial charge < -0.3 is 20.7 Å². The Hall–Kier alpha value is -2.58. The van der Waals surface area contributed by atoms with Gasteiger partial charge in [0.1, 0.15) is 5.70 Å². The van der Waals surface area contributed by atoms with Crippen molar-refractivity contribution in [2.75, 3.05) is 19.6 Å². The highest BCUT2D eigenvalue weighted by molar-refractivity contribution is 5.85. The number of carboxylic acid groups (broad SMARTS) is 1. The first-order valence-corrected chi connectivity index (χ1v) is 8.76. The molecule has 0 saturated carbocycles. The Balaban J connectivity index is 1.57. The molecule has 2 fully saturated rings. The zero-order valence-corrected chi connectivity index (χ0v) is 14.7. The monoisotopic (exact) mass is 359 g/mol. The number of rotatable bonds is 6. The molecule has 2 saturated heterocycles. The molecule has 0 radical (unpaired) electrons. The largest absolute Gasteiger partial charge is 0.477 e. The molecular weight excluding hydrogens is 334 g/mol. The van der Waals surface area contributed by atoms with Crippen molar-refractivity contribution in [1.29, 1.82) is 0 Å². The third kappa shape index (κ3) is 4.14. The highest BCUT2D eigenvalue weighted by atomic mass is 16.4. The van der Waals surface area contributed by atoms with Gasteiger partial charge in [0.15, 0.2) is 0 Å². The van der Waals surface area contributed by atoms with E-state index in [9.17, 15) is 9.59 Å². The summed E-state index contributed by atoms with van der Waals surface area (Å²) < 4.78 is 0. The van der Waals surface area contributed by atoms with Gasteiger partial charge in [-0.3, -0.25) is 9.69 Å². The molecule has 1 aromatic rings. The van der Waals surface area contributed by atoms with Crippen molar-refractivity contribution in [1.82, 2.24) is 14.8 Å². The van der Waals surface area contributed by atoms with Crippen molar-refractivity contribution >= 4 is 11.9 Å². The van der Waals surface area contributed by atoms with Crippen LogP contribution in [0, 0.1) is 0 Å². The van der Waals surface area contributed by atoms with Crippen LogP contribution in [0.1, 0.15) is 24.0 Å². The third-order valence-electron chi connectivity index (χ3n) is 4.93. The molecule has 5 N–H and O–H groups in total. The zero-order chi connectivity index (χ0) is 18.7. The van der Waals surface area contributed by atoms with Crippen LogP contribution in [0.15, 0.2) is 36.2 Å². The highest BCUT2D eigenvalue weighted by Crippen LogP contribution is 2.23. The molecule has 140 valence electrons. The summed E-state index contributed by atoms with van der Waals surface area (Å²) in [5, 5.41) is 9.99. The topological polar surface area (TPSA) is 116 Å². The molecule has 1 atom stereocenters. The number of aliphatic carboxylic acids is 1. The molecule has 0 bridgehead atoms. The molecule has 2 aliphatic rings. The molecule has 1 unspecified atom stereocenters. The standard InChI is InChI=1S/C18H25N5O3/c19-15(18(25)26)12-23(20)11-14-5-3-13(4-6-14)10-22-9-8-21-7-1-2-16(21)17(22)24/h3-6,12,16H,1-2,7-11,19-20H2,(H,25,26)/b15-12-. The van der Waals surface area contributed by atoms with Crippen LogP contribution in [0.25, 0.3) is 0 Å². The van der Waals surface area contributed by atoms with E-state index in [1.165, 1.54) is 11.2 Å². The molecular formula is C18H25N5O3. The first-order chi connectivity index (χ1) is 12.4. The number of hydrazine groups is 1. The molecule has 2 heterocycles. The summed E-state index contributed by atoms with van der Waals surface area (Å²) in [5.41, 5.74) is 7.03. The minimum atomic E-state index is -1.21.